The molecule has 3 nitrogen and oxygen atoms in total. The van der Waals surface area contributed by atoms with Gasteiger partial charge in [0.05, 0.1) is 16.3 Å². The van der Waals surface area contributed by atoms with E-state index in [0.717, 1.165) is 5.56 Å². The Morgan fingerprint density at radius 1 is 1.25 bits per heavy atom. The van der Waals surface area contributed by atoms with Gasteiger partial charge in [-0.05, 0) is 24.6 Å². The minimum Gasteiger partial charge on any atom is -0.397 e. The largest absolute Gasteiger partial charge is 0.397 e. The first-order chi connectivity index (χ1) is 9.49. The first kappa shape index (κ1) is 14.4. The first-order valence-corrected chi connectivity index (χ1v) is 6.72. The van der Waals surface area contributed by atoms with Gasteiger partial charge in [0.25, 0.3) is 5.91 Å². The molecule has 0 aliphatic carbocycles. The summed E-state index contributed by atoms with van der Waals surface area (Å²) in [5.74, 6) is -0.133. The van der Waals surface area contributed by atoms with Gasteiger partial charge in [0, 0.05) is 13.6 Å². The standard InChI is InChI=1S/C16H17ClN2O/c1-11-5-3-6-12(9-11)10-19(2)16(20)13-7-4-8-14(17)15(13)18/h3-9H,10,18H2,1-2H3. The summed E-state index contributed by atoms with van der Waals surface area (Å²) in [6, 6.07) is 13.2. The molecule has 104 valence electrons. The maximum absolute atomic E-state index is 12.4. The smallest absolute Gasteiger partial charge is 0.256 e. The Labute approximate surface area is 124 Å². The van der Waals surface area contributed by atoms with E-state index in [2.05, 4.69) is 6.07 Å². The maximum Gasteiger partial charge on any atom is 0.256 e. The number of anilines is 1. The Bertz CT molecular complexity index is 640. The van der Waals surface area contributed by atoms with Crippen molar-refractivity contribution in [1.29, 1.82) is 0 Å². The van der Waals surface area contributed by atoms with E-state index in [1.54, 1.807) is 30.1 Å². The molecule has 0 aromatic heterocycles. The Kier molecular flexibility index (Phi) is 4.30. The number of carbonyl (C=O) groups is 1. The molecule has 0 unspecified atom stereocenters. The fraction of sp³-hybridized carbons (Fsp3) is 0.188. The Morgan fingerprint density at radius 3 is 2.65 bits per heavy atom. The summed E-state index contributed by atoms with van der Waals surface area (Å²) in [7, 11) is 1.75. The van der Waals surface area contributed by atoms with Crippen LogP contribution in [0.4, 0.5) is 5.69 Å². The second kappa shape index (κ2) is 5.97. The normalized spacial score (nSPS) is 10.3. The second-order valence-electron chi connectivity index (χ2n) is 4.85. The molecule has 1 amide bonds. The number of halogens is 1. The molecule has 0 bridgehead atoms. The molecule has 0 saturated heterocycles. The highest BCUT2D eigenvalue weighted by Crippen LogP contribution is 2.23. The van der Waals surface area contributed by atoms with E-state index in [0.29, 0.717) is 22.8 Å². The SMILES string of the molecule is Cc1cccc(CN(C)C(=O)c2cccc(Cl)c2N)c1. The van der Waals surface area contributed by atoms with Crippen molar-refractivity contribution in [3.63, 3.8) is 0 Å². The third kappa shape index (κ3) is 3.11. The topological polar surface area (TPSA) is 46.3 Å². The third-order valence-corrected chi connectivity index (χ3v) is 3.46. The number of hydrogen-bond acceptors (Lipinski definition) is 2. The zero-order chi connectivity index (χ0) is 14.7. The molecule has 2 aromatic rings. The van der Waals surface area contributed by atoms with E-state index >= 15 is 0 Å². The number of hydrogen-bond donors (Lipinski definition) is 1. The van der Waals surface area contributed by atoms with Crippen LogP contribution in [-0.4, -0.2) is 17.9 Å². The van der Waals surface area contributed by atoms with Crippen molar-refractivity contribution in [2.75, 3.05) is 12.8 Å². The van der Waals surface area contributed by atoms with Crippen molar-refractivity contribution in [1.82, 2.24) is 4.90 Å². The Hall–Kier alpha value is -2.00. The van der Waals surface area contributed by atoms with Gasteiger partial charge < -0.3 is 10.6 Å². The average molecular weight is 289 g/mol. The van der Waals surface area contributed by atoms with Gasteiger partial charge in [-0.3, -0.25) is 4.79 Å². The van der Waals surface area contributed by atoms with E-state index in [-0.39, 0.29) is 5.91 Å². The molecule has 0 saturated carbocycles. The lowest BCUT2D eigenvalue weighted by molar-refractivity contribution is 0.0786. The fourth-order valence-electron chi connectivity index (χ4n) is 2.09. The van der Waals surface area contributed by atoms with Crippen LogP contribution in [0, 0.1) is 6.92 Å². The summed E-state index contributed by atoms with van der Waals surface area (Å²) in [6.07, 6.45) is 0. The molecule has 0 fully saturated rings. The number of carbonyl (C=O) groups excluding carboxylic acids is 1. The van der Waals surface area contributed by atoms with Gasteiger partial charge in [-0.15, -0.1) is 0 Å². The number of nitrogens with zero attached hydrogens (tertiary/aromatic N) is 1. The summed E-state index contributed by atoms with van der Waals surface area (Å²) in [4.78, 5) is 14.0. The van der Waals surface area contributed by atoms with Crippen molar-refractivity contribution < 1.29 is 4.79 Å². The van der Waals surface area contributed by atoms with Gasteiger partial charge in [0.15, 0.2) is 0 Å². The van der Waals surface area contributed by atoms with Crippen LogP contribution >= 0.6 is 11.6 Å². The molecule has 0 radical (unpaired) electrons. The number of aryl methyl sites for hydroxylation is 1. The summed E-state index contributed by atoms with van der Waals surface area (Å²) >= 11 is 5.95. The van der Waals surface area contributed by atoms with Gasteiger partial charge >= 0.3 is 0 Å². The highest BCUT2D eigenvalue weighted by Gasteiger charge is 2.16. The number of nitrogen functional groups attached to an aromatic ring is 1. The van der Waals surface area contributed by atoms with Gasteiger partial charge in [-0.25, -0.2) is 0 Å². The monoisotopic (exact) mass is 288 g/mol. The van der Waals surface area contributed by atoms with E-state index in [9.17, 15) is 4.79 Å². The fourth-order valence-corrected chi connectivity index (χ4v) is 2.26. The molecule has 0 atom stereocenters. The summed E-state index contributed by atoms with van der Waals surface area (Å²) in [6.45, 7) is 2.56. The van der Waals surface area contributed by atoms with Gasteiger partial charge in [0.1, 0.15) is 0 Å². The third-order valence-electron chi connectivity index (χ3n) is 3.13. The Morgan fingerprint density at radius 2 is 1.95 bits per heavy atom. The first-order valence-electron chi connectivity index (χ1n) is 6.34. The molecule has 0 heterocycles. The number of rotatable bonds is 3. The zero-order valence-electron chi connectivity index (χ0n) is 11.6. The number of para-hydroxylation sites is 1. The van der Waals surface area contributed by atoms with Gasteiger partial charge in [-0.2, -0.15) is 0 Å². The van der Waals surface area contributed by atoms with Crippen LogP contribution in [0.15, 0.2) is 42.5 Å². The zero-order valence-corrected chi connectivity index (χ0v) is 12.3. The van der Waals surface area contributed by atoms with Crippen LogP contribution in [0.2, 0.25) is 5.02 Å². The minimum absolute atomic E-state index is 0.133. The van der Waals surface area contributed by atoms with Gasteiger partial charge in [-0.1, -0.05) is 47.5 Å². The average Bonchev–Trinajstić information content (AvgIpc) is 2.41. The quantitative estimate of drug-likeness (QED) is 0.879. The molecule has 2 aromatic carbocycles. The van der Waals surface area contributed by atoms with E-state index < -0.39 is 0 Å². The van der Waals surface area contributed by atoms with Crippen LogP contribution in [0.3, 0.4) is 0 Å². The molecule has 2 N–H and O–H groups in total. The molecule has 0 aliphatic heterocycles. The molecule has 20 heavy (non-hydrogen) atoms. The molecular weight excluding hydrogens is 272 g/mol. The maximum atomic E-state index is 12.4. The lowest BCUT2D eigenvalue weighted by atomic mass is 10.1. The van der Waals surface area contributed by atoms with Crippen molar-refractivity contribution in [3.8, 4) is 0 Å². The highest BCUT2D eigenvalue weighted by atomic mass is 35.5. The lowest BCUT2D eigenvalue weighted by Crippen LogP contribution is -2.27. The molecule has 0 aliphatic rings. The van der Waals surface area contributed by atoms with E-state index in [1.807, 2.05) is 25.1 Å². The summed E-state index contributed by atoms with van der Waals surface area (Å²) in [5, 5.41) is 0.403. The van der Waals surface area contributed by atoms with Crippen molar-refractivity contribution >= 4 is 23.2 Å². The number of amides is 1. The van der Waals surface area contributed by atoms with Crippen molar-refractivity contribution in [2.45, 2.75) is 13.5 Å². The molecule has 4 heteroatoms. The van der Waals surface area contributed by atoms with E-state index in [4.69, 9.17) is 17.3 Å². The Balaban J connectivity index is 2.19. The second-order valence-corrected chi connectivity index (χ2v) is 5.26. The van der Waals surface area contributed by atoms with Crippen LogP contribution in [0.25, 0.3) is 0 Å². The molecule has 0 spiro atoms. The summed E-state index contributed by atoms with van der Waals surface area (Å²) in [5.41, 5.74) is 8.88. The minimum atomic E-state index is -0.133. The predicted molar refractivity (Wildman–Crippen MR) is 82.8 cm³/mol. The highest BCUT2D eigenvalue weighted by molar-refractivity contribution is 6.33. The van der Waals surface area contributed by atoms with Crippen molar-refractivity contribution in [3.05, 3.63) is 64.2 Å². The number of benzene rings is 2. The van der Waals surface area contributed by atoms with Gasteiger partial charge in [0.2, 0.25) is 0 Å². The van der Waals surface area contributed by atoms with Crippen LogP contribution < -0.4 is 5.73 Å². The van der Waals surface area contributed by atoms with Crippen molar-refractivity contribution in [2.24, 2.45) is 0 Å². The lowest BCUT2D eigenvalue weighted by Gasteiger charge is -2.19. The predicted octanol–water partition coefficient (Wildman–Crippen LogP) is 3.50. The van der Waals surface area contributed by atoms with Crippen LogP contribution in [-0.2, 0) is 6.54 Å². The van der Waals surface area contributed by atoms with E-state index in [1.165, 1.54) is 5.56 Å². The molecular formula is C16H17ClN2O. The molecule has 2 rings (SSSR count). The number of nitrogens with two attached hydrogens (primary N) is 1. The van der Waals surface area contributed by atoms with Crippen LogP contribution in [0.5, 0.6) is 0 Å². The van der Waals surface area contributed by atoms with Crippen LogP contribution in [0.1, 0.15) is 21.5 Å². The summed E-state index contributed by atoms with van der Waals surface area (Å²) < 4.78 is 0.